The van der Waals surface area contributed by atoms with Crippen LogP contribution in [0.4, 0.5) is 0 Å². The van der Waals surface area contributed by atoms with Gasteiger partial charge in [-0.15, -0.1) is 0 Å². The Kier molecular flexibility index (Phi) is 8.60. The lowest BCUT2D eigenvalue weighted by molar-refractivity contribution is -0.124. The first-order valence-corrected chi connectivity index (χ1v) is 10.0. The van der Waals surface area contributed by atoms with E-state index < -0.39 is 52.8 Å². The molecule has 0 bridgehead atoms. The number of carbonyl (C=O) groups is 1. The van der Waals surface area contributed by atoms with Crippen LogP contribution in [0.2, 0.25) is 0 Å². The number of carbonyl (C=O) groups excluding carboxylic acids is 1. The second-order valence-corrected chi connectivity index (χ2v) is 7.36. The number of aliphatic hydroxyl groups excluding tert-OH is 2. The molecule has 27 heavy (non-hydrogen) atoms. The zero-order valence-electron chi connectivity index (χ0n) is 13.4. The second-order valence-electron chi connectivity index (χ2n) is 4.98. The molecule has 1 aromatic rings. The van der Waals surface area contributed by atoms with Crippen LogP contribution in [0.25, 0.3) is 0 Å². The Hall–Kier alpha value is -1.28. The van der Waals surface area contributed by atoms with Crippen LogP contribution >= 0.6 is 15.6 Å². The number of amides is 1. The van der Waals surface area contributed by atoms with Crippen molar-refractivity contribution < 1.29 is 57.5 Å². The van der Waals surface area contributed by atoms with E-state index in [0.29, 0.717) is 5.56 Å². The molecular formula is C11H18N2O12P2. The maximum Gasteiger partial charge on any atom is 0.472 e. The van der Waals surface area contributed by atoms with E-state index in [2.05, 4.69) is 18.8 Å². The van der Waals surface area contributed by atoms with Crippen LogP contribution in [-0.2, 0) is 22.9 Å². The first-order chi connectivity index (χ1) is 12.3. The molecule has 0 spiro atoms. The van der Waals surface area contributed by atoms with Crippen LogP contribution in [0, 0.1) is 0 Å². The standard InChI is InChI=1S/C6H6N2O.C5H12O11P2/c7-6(9)5-2-1-3-8-4-5;6-1-2-3(7)4(15-17(8,9)10)5(14-2)16-18(11,12)13/h1-4H,(H2,7,9);2-7H,1H2,(H2,8,9,10)(H2,11,12,13)/t;2-,3-,4-,5?/m.1/s1. The van der Waals surface area contributed by atoms with E-state index in [1.165, 1.54) is 6.20 Å². The minimum absolute atomic E-state index is 0.442. The van der Waals surface area contributed by atoms with Crippen LogP contribution in [-0.4, -0.2) is 71.9 Å². The van der Waals surface area contributed by atoms with Crippen molar-refractivity contribution in [2.45, 2.75) is 24.6 Å². The van der Waals surface area contributed by atoms with Crippen molar-refractivity contribution in [1.82, 2.24) is 4.98 Å². The summed E-state index contributed by atoms with van der Waals surface area (Å²) in [6.45, 7) is -0.761. The van der Waals surface area contributed by atoms with Gasteiger partial charge >= 0.3 is 15.6 Å². The molecular weight excluding hydrogens is 414 g/mol. The largest absolute Gasteiger partial charge is 0.472 e. The highest BCUT2D eigenvalue weighted by molar-refractivity contribution is 7.46. The summed E-state index contributed by atoms with van der Waals surface area (Å²) in [4.78, 5) is 48.4. The Labute approximate surface area is 152 Å². The molecule has 1 amide bonds. The van der Waals surface area contributed by atoms with Gasteiger partial charge in [0.15, 0.2) is 6.29 Å². The van der Waals surface area contributed by atoms with Crippen molar-refractivity contribution in [3.05, 3.63) is 30.1 Å². The van der Waals surface area contributed by atoms with E-state index in [1.807, 2.05) is 0 Å². The highest BCUT2D eigenvalue weighted by atomic mass is 31.2. The lowest BCUT2D eigenvalue weighted by atomic mass is 10.1. The van der Waals surface area contributed by atoms with Gasteiger partial charge in [-0.1, -0.05) is 0 Å². The molecule has 1 saturated heterocycles. The summed E-state index contributed by atoms with van der Waals surface area (Å²) in [7, 11) is -10.1. The molecule has 1 aliphatic rings. The Bertz CT molecular complexity index is 707. The minimum Gasteiger partial charge on any atom is -0.394 e. The third-order valence-electron chi connectivity index (χ3n) is 2.92. The highest BCUT2D eigenvalue weighted by Gasteiger charge is 2.50. The van der Waals surface area contributed by atoms with E-state index in [4.69, 9.17) is 30.4 Å². The average Bonchev–Trinajstić information content (AvgIpc) is 2.81. The Balaban J connectivity index is 0.000000337. The maximum absolute atomic E-state index is 10.6. The van der Waals surface area contributed by atoms with Crippen molar-refractivity contribution in [3.8, 4) is 0 Å². The molecule has 1 unspecified atom stereocenters. The smallest absolute Gasteiger partial charge is 0.394 e. The van der Waals surface area contributed by atoms with E-state index in [-0.39, 0.29) is 0 Å². The van der Waals surface area contributed by atoms with Crippen molar-refractivity contribution >= 4 is 21.6 Å². The van der Waals surface area contributed by atoms with Gasteiger partial charge in [-0.2, -0.15) is 0 Å². The lowest BCUT2D eigenvalue weighted by Crippen LogP contribution is -2.36. The molecule has 1 fully saturated rings. The second kappa shape index (κ2) is 9.78. The first-order valence-electron chi connectivity index (χ1n) is 6.96. The minimum atomic E-state index is -5.05. The highest BCUT2D eigenvalue weighted by Crippen LogP contribution is 2.46. The van der Waals surface area contributed by atoms with Gasteiger partial charge in [-0.05, 0) is 12.1 Å². The predicted molar refractivity (Wildman–Crippen MR) is 84.6 cm³/mol. The van der Waals surface area contributed by atoms with E-state index in [0.717, 1.165) is 0 Å². The molecule has 1 aliphatic heterocycles. The van der Waals surface area contributed by atoms with Gasteiger partial charge in [0.2, 0.25) is 5.91 Å². The van der Waals surface area contributed by atoms with Crippen molar-refractivity contribution in [3.63, 3.8) is 0 Å². The number of nitrogens with two attached hydrogens (primary N) is 1. The lowest BCUT2D eigenvalue weighted by Gasteiger charge is -2.20. The zero-order valence-corrected chi connectivity index (χ0v) is 15.2. The molecule has 14 nitrogen and oxygen atoms in total. The van der Waals surface area contributed by atoms with Gasteiger partial charge in [-0.25, -0.2) is 9.13 Å². The molecule has 154 valence electrons. The number of pyridine rings is 1. The third kappa shape index (κ3) is 8.51. The maximum atomic E-state index is 10.6. The number of hydrogen-bond donors (Lipinski definition) is 7. The quantitative estimate of drug-likeness (QED) is 0.237. The Morgan fingerprint density at radius 1 is 1.22 bits per heavy atom. The summed E-state index contributed by atoms with van der Waals surface area (Å²) in [5, 5.41) is 18.3. The topological polar surface area (TPSA) is 239 Å². The number of nitrogens with zero attached hydrogens (tertiary/aromatic N) is 1. The summed E-state index contributed by atoms with van der Waals surface area (Å²) in [6.07, 6.45) is -3.83. The summed E-state index contributed by atoms with van der Waals surface area (Å²) >= 11 is 0. The SMILES string of the molecule is NC(=O)c1cccnc1.O=P(O)(O)OC1O[C@H](CO)[C@@H](O)[C@H]1OP(=O)(O)O. The average molecular weight is 432 g/mol. The van der Waals surface area contributed by atoms with Gasteiger partial charge in [0, 0.05) is 12.4 Å². The Morgan fingerprint density at radius 2 is 1.81 bits per heavy atom. The van der Waals surface area contributed by atoms with Gasteiger partial charge in [0.1, 0.15) is 18.3 Å². The molecule has 0 aromatic carbocycles. The molecule has 0 aliphatic carbocycles. The van der Waals surface area contributed by atoms with Crippen molar-refractivity contribution in [1.29, 1.82) is 0 Å². The fourth-order valence-corrected chi connectivity index (χ4v) is 2.83. The van der Waals surface area contributed by atoms with Crippen LogP contribution in [0.1, 0.15) is 10.4 Å². The number of phosphoric ester groups is 2. The number of rotatable bonds is 6. The molecule has 16 heteroatoms. The number of phosphoric acid groups is 2. The molecule has 2 heterocycles. The van der Waals surface area contributed by atoms with Gasteiger partial charge < -0.3 is 40.3 Å². The number of primary amides is 1. The summed E-state index contributed by atoms with van der Waals surface area (Å²) in [6, 6.07) is 3.29. The molecule has 0 radical (unpaired) electrons. The number of ether oxygens (including phenoxy) is 1. The molecule has 0 saturated carbocycles. The van der Waals surface area contributed by atoms with E-state index in [9.17, 15) is 19.0 Å². The molecule has 8 N–H and O–H groups in total. The van der Waals surface area contributed by atoms with Crippen LogP contribution in [0.15, 0.2) is 24.5 Å². The van der Waals surface area contributed by atoms with Gasteiger partial charge in [-0.3, -0.25) is 18.8 Å². The summed E-state index contributed by atoms with van der Waals surface area (Å²) in [5.41, 5.74) is 5.38. The number of aliphatic hydroxyl groups is 2. The fourth-order valence-electron chi connectivity index (χ4n) is 1.85. The van der Waals surface area contributed by atoms with Crippen LogP contribution < -0.4 is 5.73 Å². The summed E-state index contributed by atoms with van der Waals surface area (Å²) in [5.74, 6) is -0.442. The Morgan fingerprint density at radius 3 is 2.19 bits per heavy atom. The number of aromatic nitrogens is 1. The third-order valence-corrected chi connectivity index (χ3v) is 3.92. The monoisotopic (exact) mass is 432 g/mol. The predicted octanol–water partition coefficient (Wildman–Crippen LogP) is -2.17. The molecule has 2 rings (SSSR count). The van der Waals surface area contributed by atoms with E-state index >= 15 is 0 Å². The number of hydrogen-bond acceptors (Lipinski definition) is 9. The zero-order chi connectivity index (χ0) is 20.8. The normalized spacial score (nSPS) is 25.6. The van der Waals surface area contributed by atoms with E-state index in [1.54, 1.807) is 18.3 Å². The van der Waals surface area contributed by atoms with Gasteiger partial charge in [0.25, 0.3) is 0 Å². The van der Waals surface area contributed by atoms with Crippen LogP contribution in [0.3, 0.4) is 0 Å². The fraction of sp³-hybridized carbons (Fsp3) is 0.455. The molecule has 4 atom stereocenters. The van der Waals surface area contributed by atoms with Crippen LogP contribution in [0.5, 0.6) is 0 Å². The van der Waals surface area contributed by atoms with Crippen molar-refractivity contribution in [2.24, 2.45) is 5.73 Å². The summed E-state index contributed by atoms with van der Waals surface area (Å²) < 4.78 is 34.1. The first kappa shape index (κ1) is 23.8. The molecule has 1 aromatic heterocycles. The van der Waals surface area contributed by atoms with Gasteiger partial charge in [0.05, 0.1) is 12.2 Å². The van der Waals surface area contributed by atoms with Crippen molar-refractivity contribution in [2.75, 3.05) is 6.61 Å².